The first kappa shape index (κ1) is 18.4. The molecule has 1 aromatic heterocycles. The average Bonchev–Trinajstić information content (AvgIpc) is 3.27. The van der Waals surface area contributed by atoms with Crippen LogP contribution < -0.4 is 0 Å². The van der Waals surface area contributed by atoms with Crippen molar-refractivity contribution in [3.63, 3.8) is 0 Å². The number of hydrogen-bond acceptors (Lipinski definition) is 4. The van der Waals surface area contributed by atoms with Gasteiger partial charge in [0, 0.05) is 23.6 Å². The Labute approximate surface area is 164 Å². The summed E-state index contributed by atoms with van der Waals surface area (Å²) in [5.74, 6) is 0.0658. The molecule has 0 radical (unpaired) electrons. The lowest BCUT2D eigenvalue weighted by molar-refractivity contribution is 0.0697. The zero-order valence-corrected chi connectivity index (χ0v) is 16.1. The minimum atomic E-state index is -0.941. The van der Waals surface area contributed by atoms with Crippen LogP contribution in [0.15, 0.2) is 65.3 Å². The van der Waals surface area contributed by atoms with Crippen molar-refractivity contribution in [3.05, 3.63) is 77.7 Å². The van der Waals surface area contributed by atoms with Gasteiger partial charge in [0.25, 0.3) is 0 Å². The smallest absolute Gasteiger partial charge is 0.335 e. The summed E-state index contributed by atoms with van der Waals surface area (Å²) < 4.78 is 5.66. The van der Waals surface area contributed by atoms with Crippen molar-refractivity contribution in [3.8, 4) is 11.5 Å². The van der Waals surface area contributed by atoms with Gasteiger partial charge in [0.1, 0.15) is 6.26 Å². The molecule has 1 unspecified atom stereocenters. The molecule has 0 amide bonds. The first-order valence-electron chi connectivity index (χ1n) is 9.53. The summed E-state index contributed by atoms with van der Waals surface area (Å²) in [7, 11) is 0. The Morgan fingerprint density at radius 1 is 1.18 bits per heavy atom. The molecule has 0 bridgehead atoms. The fourth-order valence-electron chi connectivity index (χ4n) is 4.15. The number of likely N-dealkylation sites (tertiary alicyclic amines) is 1. The number of carboxylic acid groups (broad SMARTS) is 1. The molecule has 1 aliphatic heterocycles. The number of carbonyl (C=O) groups is 1. The van der Waals surface area contributed by atoms with Gasteiger partial charge < -0.3 is 9.52 Å². The van der Waals surface area contributed by atoms with Gasteiger partial charge >= 0.3 is 5.97 Å². The summed E-state index contributed by atoms with van der Waals surface area (Å²) in [6.45, 7) is 6.33. The minimum absolute atomic E-state index is 0.0314. The predicted molar refractivity (Wildman–Crippen MR) is 107 cm³/mol. The molecule has 0 aliphatic carbocycles. The number of hydrogen-bond donors (Lipinski definition) is 1. The zero-order valence-electron chi connectivity index (χ0n) is 16.1. The van der Waals surface area contributed by atoms with Gasteiger partial charge in [-0.25, -0.2) is 9.78 Å². The maximum absolute atomic E-state index is 11.0. The molecule has 0 spiro atoms. The van der Waals surface area contributed by atoms with E-state index in [9.17, 15) is 4.79 Å². The van der Waals surface area contributed by atoms with E-state index in [1.807, 2.05) is 0 Å². The highest BCUT2D eigenvalue weighted by Crippen LogP contribution is 2.42. The fourth-order valence-corrected chi connectivity index (χ4v) is 4.15. The van der Waals surface area contributed by atoms with E-state index in [-0.39, 0.29) is 11.1 Å². The molecule has 2 aromatic carbocycles. The fraction of sp³-hybridized carbons (Fsp3) is 0.304. The first-order chi connectivity index (χ1) is 13.4. The van der Waals surface area contributed by atoms with Crippen LogP contribution in [0.5, 0.6) is 0 Å². The normalized spacial score (nSPS) is 19.0. The molecule has 1 aliphatic rings. The number of rotatable bonds is 5. The Morgan fingerprint density at radius 2 is 1.89 bits per heavy atom. The number of carboxylic acids is 1. The monoisotopic (exact) mass is 376 g/mol. The maximum atomic E-state index is 11.0. The average molecular weight is 376 g/mol. The summed E-state index contributed by atoms with van der Waals surface area (Å²) in [6.07, 6.45) is 2.82. The van der Waals surface area contributed by atoms with Crippen molar-refractivity contribution >= 4 is 5.97 Å². The lowest BCUT2D eigenvalue weighted by atomic mass is 9.83. The van der Waals surface area contributed by atoms with Crippen LogP contribution in [0.2, 0.25) is 0 Å². The molecular weight excluding hydrogens is 352 g/mol. The molecule has 1 saturated heterocycles. The molecule has 5 heteroatoms. The molecule has 0 saturated carbocycles. The van der Waals surface area contributed by atoms with Gasteiger partial charge in [0.05, 0.1) is 11.3 Å². The van der Waals surface area contributed by atoms with E-state index in [2.05, 4.69) is 54.1 Å². The van der Waals surface area contributed by atoms with Crippen LogP contribution in [0.25, 0.3) is 11.5 Å². The highest BCUT2D eigenvalue weighted by atomic mass is 16.4. The van der Waals surface area contributed by atoms with Crippen LogP contribution >= 0.6 is 0 Å². The summed E-state index contributed by atoms with van der Waals surface area (Å²) >= 11 is 0. The SMILES string of the molecule is CC1(C)C(c2ccccc2)CCN1Cc1coc(-c2ccc(C(=O)O)cc2)n1. The van der Waals surface area contributed by atoms with Crippen LogP contribution in [-0.2, 0) is 6.54 Å². The van der Waals surface area contributed by atoms with Crippen molar-refractivity contribution in [2.45, 2.75) is 38.3 Å². The van der Waals surface area contributed by atoms with Gasteiger partial charge in [-0.15, -0.1) is 0 Å². The van der Waals surface area contributed by atoms with Gasteiger partial charge in [-0.1, -0.05) is 30.3 Å². The highest BCUT2D eigenvalue weighted by molar-refractivity contribution is 5.88. The largest absolute Gasteiger partial charge is 0.478 e. The Bertz CT molecular complexity index is 961. The van der Waals surface area contributed by atoms with E-state index in [1.54, 1.807) is 30.5 Å². The van der Waals surface area contributed by atoms with Crippen molar-refractivity contribution in [2.75, 3.05) is 6.54 Å². The van der Waals surface area contributed by atoms with Crippen molar-refractivity contribution in [1.29, 1.82) is 0 Å². The van der Waals surface area contributed by atoms with Gasteiger partial charge in [-0.2, -0.15) is 0 Å². The number of oxazole rings is 1. The summed E-state index contributed by atoms with van der Waals surface area (Å²) in [5, 5.41) is 9.02. The topological polar surface area (TPSA) is 66.6 Å². The molecule has 28 heavy (non-hydrogen) atoms. The molecule has 3 aromatic rings. The first-order valence-corrected chi connectivity index (χ1v) is 9.53. The molecular formula is C23H24N2O3. The standard InChI is InChI=1S/C23H24N2O3/c1-23(2)20(16-6-4-3-5-7-16)12-13-25(23)14-19-15-28-21(24-19)17-8-10-18(11-9-17)22(26)27/h3-11,15,20H,12-14H2,1-2H3,(H,26,27). The van der Waals surface area contributed by atoms with E-state index in [0.29, 0.717) is 11.8 Å². The van der Waals surface area contributed by atoms with Gasteiger partial charge in [0.2, 0.25) is 5.89 Å². The lowest BCUT2D eigenvalue weighted by Crippen LogP contribution is -2.41. The second-order valence-corrected chi connectivity index (χ2v) is 7.85. The van der Waals surface area contributed by atoms with Crippen LogP contribution in [0.3, 0.4) is 0 Å². The zero-order chi connectivity index (χ0) is 19.7. The Hall–Kier alpha value is -2.92. The van der Waals surface area contributed by atoms with Gasteiger partial charge in [-0.3, -0.25) is 4.90 Å². The van der Waals surface area contributed by atoms with Crippen LogP contribution in [-0.4, -0.2) is 33.0 Å². The summed E-state index contributed by atoms with van der Waals surface area (Å²) in [4.78, 5) is 18.1. The summed E-state index contributed by atoms with van der Waals surface area (Å²) in [6, 6.07) is 17.3. The van der Waals surface area contributed by atoms with E-state index < -0.39 is 5.97 Å². The third-order valence-electron chi connectivity index (χ3n) is 5.84. The molecule has 5 nitrogen and oxygen atoms in total. The number of aromatic nitrogens is 1. The molecule has 4 rings (SSSR count). The maximum Gasteiger partial charge on any atom is 0.335 e. The Morgan fingerprint density at radius 3 is 2.57 bits per heavy atom. The number of benzene rings is 2. The molecule has 1 N–H and O–H groups in total. The third kappa shape index (κ3) is 3.45. The van der Waals surface area contributed by atoms with E-state index in [0.717, 1.165) is 30.8 Å². The Kier molecular flexibility index (Phi) is 4.77. The second-order valence-electron chi connectivity index (χ2n) is 7.85. The quantitative estimate of drug-likeness (QED) is 0.692. The van der Waals surface area contributed by atoms with Crippen LogP contribution in [0.1, 0.15) is 47.8 Å². The van der Waals surface area contributed by atoms with Crippen molar-refractivity contribution in [2.24, 2.45) is 0 Å². The molecule has 144 valence electrons. The van der Waals surface area contributed by atoms with E-state index in [1.165, 1.54) is 5.56 Å². The molecule has 1 fully saturated rings. The van der Waals surface area contributed by atoms with Crippen LogP contribution in [0.4, 0.5) is 0 Å². The highest BCUT2D eigenvalue weighted by Gasteiger charge is 2.41. The second kappa shape index (κ2) is 7.24. The van der Waals surface area contributed by atoms with Crippen LogP contribution in [0, 0.1) is 0 Å². The predicted octanol–water partition coefficient (Wildman–Crippen LogP) is 4.81. The Balaban J connectivity index is 1.49. The van der Waals surface area contributed by atoms with Crippen molar-refractivity contribution < 1.29 is 14.3 Å². The number of aromatic carboxylic acids is 1. The lowest BCUT2D eigenvalue weighted by Gasteiger charge is -2.36. The van der Waals surface area contributed by atoms with Gasteiger partial charge in [-0.05, 0) is 56.6 Å². The number of nitrogens with zero attached hydrogens (tertiary/aromatic N) is 2. The third-order valence-corrected chi connectivity index (χ3v) is 5.84. The minimum Gasteiger partial charge on any atom is -0.478 e. The van der Waals surface area contributed by atoms with E-state index in [4.69, 9.17) is 9.52 Å². The van der Waals surface area contributed by atoms with Gasteiger partial charge in [0.15, 0.2) is 0 Å². The summed E-state index contributed by atoms with van der Waals surface area (Å²) in [5.41, 5.74) is 3.33. The molecule has 1 atom stereocenters. The van der Waals surface area contributed by atoms with E-state index >= 15 is 0 Å². The molecule has 2 heterocycles. The van der Waals surface area contributed by atoms with Crippen molar-refractivity contribution in [1.82, 2.24) is 9.88 Å².